The van der Waals surface area contributed by atoms with Crippen molar-refractivity contribution < 1.29 is 13.5 Å². The number of rotatable bonds is 1. The molecular weight excluding hydrogens is 248 g/mol. The van der Waals surface area contributed by atoms with Crippen molar-refractivity contribution >= 4 is 11.1 Å². The van der Waals surface area contributed by atoms with Gasteiger partial charge >= 0.3 is 0 Å². The van der Waals surface area contributed by atoms with E-state index in [1.807, 2.05) is 20.8 Å². The van der Waals surface area contributed by atoms with Crippen molar-refractivity contribution in [2.24, 2.45) is 0 Å². The minimum atomic E-state index is -1.94. The van der Waals surface area contributed by atoms with Gasteiger partial charge < -0.3 is 9.29 Å². The van der Waals surface area contributed by atoms with Crippen molar-refractivity contribution in [3.05, 3.63) is 22.3 Å². The standard InChI is InChI=1S/C14H20O3S/c1-8-9(2)13(18(15)16)10(3)11-6-7-14(4,5)17-12(8)11/h6-7H2,1-5H3,(H,15,16). The third kappa shape index (κ3) is 2.08. The Kier molecular flexibility index (Phi) is 3.28. The van der Waals surface area contributed by atoms with Crippen molar-refractivity contribution in [1.29, 1.82) is 0 Å². The van der Waals surface area contributed by atoms with Crippen LogP contribution < -0.4 is 4.74 Å². The topological polar surface area (TPSA) is 46.5 Å². The molecule has 4 heteroatoms. The van der Waals surface area contributed by atoms with Crippen LogP contribution >= 0.6 is 0 Å². The minimum absolute atomic E-state index is 0.156. The van der Waals surface area contributed by atoms with Gasteiger partial charge in [0.05, 0.1) is 4.90 Å². The summed E-state index contributed by atoms with van der Waals surface area (Å²) in [4.78, 5) is 0.551. The second-order valence-corrected chi connectivity index (χ2v) is 6.53. The van der Waals surface area contributed by atoms with Gasteiger partial charge in [-0.3, -0.25) is 0 Å². The molecule has 1 heterocycles. The third-order valence-electron chi connectivity index (χ3n) is 3.84. The average Bonchev–Trinajstić information content (AvgIpc) is 2.24. The highest BCUT2D eigenvalue weighted by Gasteiger charge is 2.31. The molecule has 1 atom stereocenters. The Bertz CT molecular complexity index is 533. The molecule has 18 heavy (non-hydrogen) atoms. The van der Waals surface area contributed by atoms with Crippen LogP contribution in [0.1, 0.15) is 42.5 Å². The minimum Gasteiger partial charge on any atom is -0.487 e. The Morgan fingerprint density at radius 1 is 1.17 bits per heavy atom. The Morgan fingerprint density at radius 2 is 1.78 bits per heavy atom. The molecule has 3 nitrogen and oxygen atoms in total. The summed E-state index contributed by atoms with van der Waals surface area (Å²) in [6.45, 7) is 9.93. The van der Waals surface area contributed by atoms with E-state index < -0.39 is 11.1 Å². The fraction of sp³-hybridized carbons (Fsp3) is 0.571. The molecule has 1 unspecified atom stereocenters. The first kappa shape index (κ1) is 13.6. The fourth-order valence-electron chi connectivity index (χ4n) is 2.61. The quantitative estimate of drug-likeness (QED) is 0.795. The molecular formula is C14H20O3S. The Labute approximate surface area is 111 Å². The highest BCUT2D eigenvalue weighted by molar-refractivity contribution is 7.79. The predicted octanol–water partition coefficient (Wildman–Crippen LogP) is 3.30. The van der Waals surface area contributed by atoms with E-state index in [2.05, 4.69) is 13.8 Å². The van der Waals surface area contributed by atoms with Gasteiger partial charge in [0.1, 0.15) is 11.4 Å². The average molecular weight is 268 g/mol. The van der Waals surface area contributed by atoms with Gasteiger partial charge in [-0.15, -0.1) is 0 Å². The normalized spacial score (nSPS) is 19.0. The van der Waals surface area contributed by atoms with Crippen LogP contribution in [-0.2, 0) is 17.5 Å². The highest BCUT2D eigenvalue weighted by Crippen LogP contribution is 2.41. The monoisotopic (exact) mass is 268 g/mol. The zero-order chi connectivity index (χ0) is 13.7. The molecule has 1 aliphatic rings. The number of fused-ring (bicyclic) bond motifs is 1. The summed E-state index contributed by atoms with van der Waals surface area (Å²) in [5.74, 6) is 0.912. The van der Waals surface area contributed by atoms with Crippen LogP contribution in [0.15, 0.2) is 4.90 Å². The Hall–Kier alpha value is -0.870. The van der Waals surface area contributed by atoms with Crippen molar-refractivity contribution in [3.8, 4) is 5.75 Å². The first-order chi connectivity index (χ1) is 8.24. The fourth-order valence-corrected chi connectivity index (χ4v) is 3.41. The van der Waals surface area contributed by atoms with Crippen LogP contribution in [-0.4, -0.2) is 14.4 Å². The molecule has 100 valence electrons. The van der Waals surface area contributed by atoms with E-state index in [0.717, 1.165) is 40.8 Å². The van der Waals surface area contributed by atoms with Gasteiger partial charge in [-0.05, 0) is 69.7 Å². The van der Waals surface area contributed by atoms with Gasteiger partial charge in [-0.2, -0.15) is 0 Å². The molecule has 1 aliphatic heterocycles. The second kappa shape index (κ2) is 4.35. The molecule has 0 radical (unpaired) electrons. The smallest absolute Gasteiger partial charge is 0.187 e. The van der Waals surface area contributed by atoms with E-state index in [4.69, 9.17) is 4.74 Å². The SMILES string of the molecule is Cc1c(C)c(S(=O)O)c(C)c2c1OC(C)(C)CC2. The van der Waals surface area contributed by atoms with Gasteiger partial charge in [-0.25, -0.2) is 4.21 Å². The summed E-state index contributed by atoms with van der Waals surface area (Å²) in [6.07, 6.45) is 1.83. The molecule has 1 aromatic rings. The molecule has 0 aromatic heterocycles. The first-order valence-corrected chi connectivity index (χ1v) is 7.28. The molecule has 0 fully saturated rings. The van der Waals surface area contributed by atoms with Gasteiger partial charge in [0.15, 0.2) is 11.1 Å². The van der Waals surface area contributed by atoms with E-state index in [-0.39, 0.29) is 5.60 Å². The van der Waals surface area contributed by atoms with E-state index in [1.54, 1.807) is 0 Å². The zero-order valence-corrected chi connectivity index (χ0v) is 12.4. The van der Waals surface area contributed by atoms with Crippen LogP contribution in [0.4, 0.5) is 0 Å². The highest BCUT2D eigenvalue weighted by atomic mass is 32.2. The summed E-state index contributed by atoms with van der Waals surface area (Å²) in [7, 11) is 0. The number of benzene rings is 1. The van der Waals surface area contributed by atoms with Gasteiger partial charge in [-0.1, -0.05) is 0 Å². The summed E-state index contributed by atoms with van der Waals surface area (Å²) >= 11 is -1.94. The number of hydrogen-bond donors (Lipinski definition) is 1. The Balaban J connectivity index is 2.70. The molecule has 0 spiro atoms. The lowest BCUT2D eigenvalue weighted by Gasteiger charge is -2.35. The summed E-state index contributed by atoms with van der Waals surface area (Å²) < 4.78 is 27.0. The van der Waals surface area contributed by atoms with Crippen molar-refractivity contribution in [2.45, 2.75) is 58.0 Å². The second-order valence-electron chi connectivity index (χ2n) is 5.62. The van der Waals surface area contributed by atoms with Crippen LogP contribution in [0.5, 0.6) is 5.75 Å². The molecule has 1 N–H and O–H groups in total. The van der Waals surface area contributed by atoms with E-state index in [9.17, 15) is 8.76 Å². The maximum atomic E-state index is 11.5. The molecule has 0 saturated heterocycles. The number of ether oxygens (including phenoxy) is 1. The lowest BCUT2D eigenvalue weighted by atomic mass is 9.88. The lowest BCUT2D eigenvalue weighted by molar-refractivity contribution is 0.0832. The van der Waals surface area contributed by atoms with Gasteiger partial charge in [0.2, 0.25) is 0 Å². The lowest BCUT2D eigenvalue weighted by Crippen LogP contribution is -2.33. The molecule has 0 bridgehead atoms. The largest absolute Gasteiger partial charge is 0.487 e. The predicted molar refractivity (Wildman–Crippen MR) is 72.7 cm³/mol. The summed E-state index contributed by atoms with van der Waals surface area (Å²) in [5.41, 5.74) is 3.70. The maximum absolute atomic E-state index is 11.5. The van der Waals surface area contributed by atoms with Gasteiger partial charge in [0, 0.05) is 0 Å². The molecule has 0 amide bonds. The van der Waals surface area contributed by atoms with Crippen LogP contribution in [0.3, 0.4) is 0 Å². The van der Waals surface area contributed by atoms with Gasteiger partial charge in [0.25, 0.3) is 0 Å². The summed E-state index contributed by atoms with van der Waals surface area (Å²) in [5, 5.41) is 0. The zero-order valence-electron chi connectivity index (χ0n) is 11.6. The van der Waals surface area contributed by atoms with Crippen molar-refractivity contribution in [2.75, 3.05) is 0 Å². The van der Waals surface area contributed by atoms with E-state index in [1.165, 1.54) is 0 Å². The third-order valence-corrected chi connectivity index (χ3v) is 4.80. The van der Waals surface area contributed by atoms with Crippen LogP contribution in [0.25, 0.3) is 0 Å². The molecule has 2 rings (SSSR count). The van der Waals surface area contributed by atoms with Crippen molar-refractivity contribution in [1.82, 2.24) is 0 Å². The van der Waals surface area contributed by atoms with E-state index >= 15 is 0 Å². The van der Waals surface area contributed by atoms with Crippen molar-refractivity contribution in [3.63, 3.8) is 0 Å². The molecule has 1 aromatic carbocycles. The van der Waals surface area contributed by atoms with E-state index in [0.29, 0.717) is 4.90 Å². The maximum Gasteiger partial charge on any atom is 0.187 e. The molecule has 0 saturated carbocycles. The summed E-state index contributed by atoms with van der Waals surface area (Å²) in [6, 6.07) is 0. The number of hydrogen-bond acceptors (Lipinski definition) is 2. The molecule has 0 aliphatic carbocycles. The Morgan fingerprint density at radius 3 is 2.33 bits per heavy atom. The van der Waals surface area contributed by atoms with Crippen LogP contribution in [0, 0.1) is 20.8 Å². The van der Waals surface area contributed by atoms with Crippen LogP contribution in [0.2, 0.25) is 0 Å². The first-order valence-electron chi connectivity index (χ1n) is 6.17.